The molecule has 4 N–H and O–H groups in total. The van der Waals surface area contributed by atoms with Crippen molar-refractivity contribution >= 4 is 21.3 Å². The molecule has 0 aromatic carbocycles. The molecule has 1 aromatic heterocycles. The van der Waals surface area contributed by atoms with E-state index < -0.39 is 9.84 Å². The van der Waals surface area contributed by atoms with Gasteiger partial charge < -0.3 is 11.5 Å². The van der Waals surface area contributed by atoms with E-state index in [-0.39, 0.29) is 5.75 Å². The van der Waals surface area contributed by atoms with E-state index in [4.69, 9.17) is 11.5 Å². The van der Waals surface area contributed by atoms with Gasteiger partial charge in [-0.1, -0.05) is 0 Å². The molecular formula is C9H15N3O2S. The Balaban J connectivity index is 2.91. The molecule has 0 bridgehead atoms. The van der Waals surface area contributed by atoms with Crippen molar-refractivity contribution in [1.29, 1.82) is 0 Å². The predicted molar refractivity (Wildman–Crippen MR) is 61.2 cm³/mol. The molecular weight excluding hydrogens is 214 g/mol. The van der Waals surface area contributed by atoms with E-state index in [1.165, 1.54) is 6.26 Å². The lowest BCUT2D eigenvalue weighted by Gasteiger charge is -2.07. The average molecular weight is 229 g/mol. The van der Waals surface area contributed by atoms with Gasteiger partial charge in [-0.05, 0) is 25.0 Å². The fourth-order valence-corrected chi connectivity index (χ4v) is 1.77. The maximum Gasteiger partial charge on any atom is 0.147 e. The molecule has 1 heterocycles. The van der Waals surface area contributed by atoms with Crippen LogP contribution in [0.4, 0.5) is 11.5 Å². The lowest BCUT2D eigenvalue weighted by molar-refractivity contribution is 0.601. The van der Waals surface area contributed by atoms with Crippen LogP contribution in [-0.4, -0.2) is 25.4 Å². The second-order valence-electron chi connectivity index (χ2n) is 3.59. The number of sulfone groups is 1. The zero-order valence-electron chi connectivity index (χ0n) is 8.82. The van der Waals surface area contributed by atoms with Crippen LogP contribution in [0.5, 0.6) is 0 Å². The topological polar surface area (TPSA) is 99.1 Å². The Morgan fingerprint density at radius 1 is 1.40 bits per heavy atom. The van der Waals surface area contributed by atoms with E-state index in [0.29, 0.717) is 29.2 Å². The van der Waals surface area contributed by atoms with Crippen molar-refractivity contribution in [1.82, 2.24) is 4.98 Å². The molecule has 0 amide bonds. The maximum absolute atomic E-state index is 11.0. The standard InChI is InChI=1S/C9H15N3O2S/c1-6-8(10)5-7(9(11)12-6)3-4-15(2,13)14/h5H,3-4,10H2,1-2H3,(H2,11,12). The number of pyridine rings is 1. The van der Waals surface area contributed by atoms with E-state index in [1.807, 2.05) is 0 Å². The van der Waals surface area contributed by atoms with Crippen LogP contribution in [0.25, 0.3) is 0 Å². The van der Waals surface area contributed by atoms with Gasteiger partial charge in [0.15, 0.2) is 0 Å². The molecule has 0 aliphatic carbocycles. The Kier molecular flexibility index (Phi) is 3.18. The molecule has 0 radical (unpaired) electrons. The van der Waals surface area contributed by atoms with Crippen LogP contribution in [-0.2, 0) is 16.3 Å². The number of rotatable bonds is 3. The fraction of sp³-hybridized carbons (Fsp3) is 0.444. The second kappa shape index (κ2) is 4.06. The molecule has 0 atom stereocenters. The second-order valence-corrected chi connectivity index (χ2v) is 5.85. The minimum atomic E-state index is -2.99. The van der Waals surface area contributed by atoms with Gasteiger partial charge >= 0.3 is 0 Å². The Hall–Kier alpha value is -1.30. The SMILES string of the molecule is Cc1nc(N)c(CCS(C)(=O)=O)cc1N. The summed E-state index contributed by atoms with van der Waals surface area (Å²) in [6.07, 6.45) is 1.54. The lowest BCUT2D eigenvalue weighted by Crippen LogP contribution is -2.09. The highest BCUT2D eigenvalue weighted by molar-refractivity contribution is 7.90. The molecule has 0 aliphatic rings. The lowest BCUT2D eigenvalue weighted by atomic mass is 10.1. The number of aromatic nitrogens is 1. The molecule has 0 spiro atoms. The summed E-state index contributed by atoms with van der Waals surface area (Å²) >= 11 is 0. The first-order chi connectivity index (χ1) is 6.79. The quantitative estimate of drug-likeness (QED) is 0.768. The molecule has 0 fully saturated rings. The van der Waals surface area contributed by atoms with Crippen molar-refractivity contribution < 1.29 is 8.42 Å². The van der Waals surface area contributed by atoms with Crippen LogP contribution >= 0.6 is 0 Å². The van der Waals surface area contributed by atoms with Crippen molar-refractivity contribution in [2.75, 3.05) is 23.5 Å². The molecule has 5 nitrogen and oxygen atoms in total. The number of nitrogens with two attached hydrogens (primary N) is 2. The highest BCUT2D eigenvalue weighted by atomic mass is 32.2. The molecule has 0 saturated heterocycles. The zero-order chi connectivity index (χ0) is 11.6. The van der Waals surface area contributed by atoms with Crippen LogP contribution in [0.3, 0.4) is 0 Å². The summed E-state index contributed by atoms with van der Waals surface area (Å²) in [5.41, 5.74) is 13.2. The molecule has 0 saturated carbocycles. The van der Waals surface area contributed by atoms with E-state index in [1.54, 1.807) is 13.0 Å². The van der Waals surface area contributed by atoms with Crippen LogP contribution < -0.4 is 11.5 Å². The summed E-state index contributed by atoms with van der Waals surface area (Å²) in [4.78, 5) is 4.03. The highest BCUT2D eigenvalue weighted by Gasteiger charge is 2.08. The van der Waals surface area contributed by atoms with Gasteiger partial charge in [0, 0.05) is 6.26 Å². The minimum Gasteiger partial charge on any atom is -0.397 e. The predicted octanol–water partition coefficient (Wildman–Crippen LogP) is 0.142. The summed E-state index contributed by atoms with van der Waals surface area (Å²) in [6.45, 7) is 1.76. The Morgan fingerprint density at radius 2 is 2.00 bits per heavy atom. The van der Waals surface area contributed by atoms with Gasteiger partial charge in [0.25, 0.3) is 0 Å². The number of aryl methyl sites for hydroxylation is 2. The van der Waals surface area contributed by atoms with Gasteiger partial charge in [-0.15, -0.1) is 0 Å². The number of nitrogen functional groups attached to an aromatic ring is 2. The van der Waals surface area contributed by atoms with Gasteiger partial charge in [0.2, 0.25) is 0 Å². The first-order valence-corrected chi connectivity index (χ1v) is 6.55. The third-order valence-electron chi connectivity index (χ3n) is 2.11. The average Bonchev–Trinajstić information content (AvgIpc) is 2.07. The van der Waals surface area contributed by atoms with E-state index in [0.717, 1.165) is 0 Å². The van der Waals surface area contributed by atoms with Crippen molar-refractivity contribution in [2.24, 2.45) is 0 Å². The normalized spacial score (nSPS) is 11.6. The number of hydrogen-bond donors (Lipinski definition) is 2. The molecule has 1 aromatic rings. The third kappa shape index (κ3) is 3.39. The van der Waals surface area contributed by atoms with E-state index in [9.17, 15) is 8.42 Å². The summed E-state index contributed by atoms with van der Waals surface area (Å²) < 4.78 is 22.0. The first kappa shape index (κ1) is 11.8. The molecule has 1 rings (SSSR count). The van der Waals surface area contributed by atoms with Crippen molar-refractivity contribution in [3.8, 4) is 0 Å². The Labute approximate surface area is 89.4 Å². The van der Waals surface area contributed by atoms with Crippen LogP contribution in [0.1, 0.15) is 11.3 Å². The van der Waals surface area contributed by atoms with Gasteiger partial charge in [0.05, 0.1) is 17.1 Å². The summed E-state index contributed by atoms with van der Waals surface area (Å²) in [5.74, 6) is 0.409. The summed E-state index contributed by atoms with van der Waals surface area (Å²) in [5, 5.41) is 0. The van der Waals surface area contributed by atoms with Crippen LogP contribution in [0.15, 0.2) is 6.07 Å². The third-order valence-corrected chi connectivity index (χ3v) is 3.05. The van der Waals surface area contributed by atoms with Crippen molar-refractivity contribution in [3.05, 3.63) is 17.3 Å². The van der Waals surface area contributed by atoms with Gasteiger partial charge in [-0.3, -0.25) is 0 Å². The molecule has 6 heteroatoms. The summed E-state index contributed by atoms with van der Waals surface area (Å²) in [7, 11) is -2.99. The van der Waals surface area contributed by atoms with Gasteiger partial charge in [0.1, 0.15) is 15.7 Å². The minimum absolute atomic E-state index is 0.0569. The first-order valence-electron chi connectivity index (χ1n) is 4.49. The van der Waals surface area contributed by atoms with Crippen molar-refractivity contribution in [2.45, 2.75) is 13.3 Å². The zero-order valence-corrected chi connectivity index (χ0v) is 9.63. The molecule has 84 valence electrons. The Morgan fingerprint density at radius 3 is 2.53 bits per heavy atom. The largest absolute Gasteiger partial charge is 0.397 e. The van der Waals surface area contributed by atoms with E-state index in [2.05, 4.69) is 4.98 Å². The number of nitrogens with zero attached hydrogens (tertiary/aromatic N) is 1. The van der Waals surface area contributed by atoms with Crippen LogP contribution in [0.2, 0.25) is 0 Å². The van der Waals surface area contributed by atoms with Crippen molar-refractivity contribution in [3.63, 3.8) is 0 Å². The number of anilines is 2. The fourth-order valence-electron chi connectivity index (χ4n) is 1.18. The Bertz CT molecular complexity index is 468. The maximum atomic E-state index is 11.0. The smallest absolute Gasteiger partial charge is 0.147 e. The van der Waals surface area contributed by atoms with E-state index >= 15 is 0 Å². The molecule has 0 aliphatic heterocycles. The van der Waals surface area contributed by atoms with Crippen LogP contribution in [0, 0.1) is 6.92 Å². The monoisotopic (exact) mass is 229 g/mol. The highest BCUT2D eigenvalue weighted by Crippen LogP contribution is 2.17. The number of hydrogen-bond acceptors (Lipinski definition) is 5. The van der Waals surface area contributed by atoms with Gasteiger partial charge in [-0.25, -0.2) is 13.4 Å². The molecule has 0 unspecified atom stereocenters. The van der Waals surface area contributed by atoms with Gasteiger partial charge in [-0.2, -0.15) is 0 Å². The molecule has 15 heavy (non-hydrogen) atoms. The summed E-state index contributed by atoms with van der Waals surface area (Å²) in [6, 6.07) is 1.68.